The van der Waals surface area contributed by atoms with Crippen molar-refractivity contribution >= 4 is 51.3 Å². The average Bonchev–Trinajstić information content (AvgIpc) is 3.27. The summed E-state index contributed by atoms with van der Waals surface area (Å²) in [6.07, 6.45) is 0. The first-order valence-corrected chi connectivity index (χ1v) is 10.5. The molecule has 0 bridgehead atoms. The third-order valence-electron chi connectivity index (χ3n) is 4.85. The Morgan fingerprint density at radius 1 is 1.09 bits per heavy atom. The first-order valence-electron chi connectivity index (χ1n) is 9.67. The molecule has 0 fully saturated rings. The monoisotopic (exact) mass is 466 g/mol. The maximum atomic E-state index is 12.8. The zero-order valence-corrected chi connectivity index (χ0v) is 18.6. The van der Waals surface area contributed by atoms with Crippen molar-refractivity contribution in [3.8, 4) is 17.1 Å². The number of methoxy groups -OCH3 is 1. The summed E-state index contributed by atoms with van der Waals surface area (Å²) in [6, 6.07) is 19.9. The molecule has 0 saturated carbocycles. The van der Waals surface area contributed by atoms with E-state index in [1.54, 1.807) is 36.4 Å². The van der Waals surface area contributed by atoms with E-state index in [1.165, 1.54) is 7.11 Å². The van der Waals surface area contributed by atoms with E-state index in [2.05, 4.69) is 10.6 Å². The summed E-state index contributed by atoms with van der Waals surface area (Å²) in [5, 5.41) is 17.2. The smallest absolute Gasteiger partial charge is 0.261 e. The van der Waals surface area contributed by atoms with Gasteiger partial charge in [0.15, 0.2) is 5.11 Å². The second-order valence-electron chi connectivity index (χ2n) is 6.93. The van der Waals surface area contributed by atoms with Crippen LogP contribution in [0.25, 0.3) is 22.1 Å². The van der Waals surface area contributed by atoms with Gasteiger partial charge in [0.25, 0.3) is 5.91 Å². The number of nitrogens with one attached hydrogen (secondary N) is 2. The highest BCUT2D eigenvalue weighted by Gasteiger charge is 2.16. The second kappa shape index (κ2) is 9.40. The molecular weight excluding hydrogens is 448 g/mol. The van der Waals surface area contributed by atoms with Crippen LogP contribution in [0.3, 0.4) is 0 Å². The molecule has 8 heteroatoms. The minimum atomic E-state index is -0.389. The van der Waals surface area contributed by atoms with Crippen LogP contribution in [0.1, 0.15) is 16.1 Å². The summed E-state index contributed by atoms with van der Waals surface area (Å²) in [7, 11) is 1.52. The van der Waals surface area contributed by atoms with Gasteiger partial charge in [0, 0.05) is 11.3 Å². The van der Waals surface area contributed by atoms with Crippen molar-refractivity contribution in [3.05, 3.63) is 83.1 Å². The number of hydrogen-bond donors (Lipinski definition) is 3. The summed E-state index contributed by atoms with van der Waals surface area (Å²) >= 11 is 11.7. The Kier molecular flexibility index (Phi) is 6.41. The molecule has 0 unspecified atom stereocenters. The Bertz CT molecular complexity index is 1320. The molecule has 0 spiro atoms. The molecule has 0 aliphatic rings. The minimum Gasteiger partial charge on any atom is -0.496 e. The van der Waals surface area contributed by atoms with E-state index in [-0.39, 0.29) is 17.6 Å². The molecule has 1 heterocycles. The largest absolute Gasteiger partial charge is 0.496 e. The SMILES string of the molecule is COc1cc2ccccc2cc1C(=O)NC(=S)Nc1ccc(-c2ccc(CO)o2)c(Cl)c1. The Hall–Kier alpha value is -3.39. The van der Waals surface area contributed by atoms with E-state index in [0.29, 0.717) is 39.1 Å². The highest BCUT2D eigenvalue weighted by atomic mass is 35.5. The molecule has 32 heavy (non-hydrogen) atoms. The van der Waals surface area contributed by atoms with E-state index in [0.717, 1.165) is 10.8 Å². The number of hydrogen-bond acceptors (Lipinski definition) is 5. The predicted molar refractivity (Wildman–Crippen MR) is 129 cm³/mol. The molecule has 1 amide bonds. The van der Waals surface area contributed by atoms with Crippen molar-refractivity contribution in [3.63, 3.8) is 0 Å². The van der Waals surface area contributed by atoms with Crippen LogP contribution in [0.2, 0.25) is 5.02 Å². The molecule has 6 nitrogen and oxygen atoms in total. The lowest BCUT2D eigenvalue weighted by Gasteiger charge is -2.13. The van der Waals surface area contributed by atoms with Gasteiger partial charge in [-0.15, -0.1) is 0 Å². The third-order valence-corrected chi connectivity index (χ3v) is 5.37. The minimum absolute atomic E-state index is 0.120. The molecule has 0 radical (unpaired) electrons. The van der Waals surface area contributed by atoms with Crippen LogP contribution in [-0.2, 0) is 6.61 Å². The van der Waals surface area contributed by atoms with Crippen molar-refractivity contribution in [1.82, 2.24) is 5.32 Å². The number of thiocarbonyl (C=S) groups is 1. The number of aliphatic hydroxyl groups excluding tert-OH is 1. The summed E-state index contributed by atoms with van der Waals surface area (Å²) in [5.41, 5.74) is 1.65. The molecule has 0 atom stereocenters. The number of rotatable bonds is 5. The van der Waals surface area contributed by atoms with Gasteiger partial charge in [-0.3, -0.25) is 10.1 Å². The van der Waals surface area contributed by atoms with Gasteiger partial charge in [0.1, 0.15) is 23.9 Å². The highest BCUT2D eigenvalue weighted by Crippen LogP contribution is 2.32. The van der Waals surface area contributed by atoms with Gasteiger partial charge in [-0.25, -0.2) is 0 Å². The van der Waals surface area contributed by atoms with Crippen LogP contribution in [0, 0.1) is 0 Å². The lowest BCUT2D eigenvalue weighted by atomic mass is 10.1. The molecule has 162 valence electrons. The summed E-state index contributed by atoms with van der Waals surface area (Å²) in [5.74, 6) is 1.06. The zero-order chi connectivity index (χ0) is 22.7. The van der Waals surface area contributed by atoms with E-state index in [1.807, 2.05) is 30.3 Å². The van der Waals surface area contributed by atoms with Crippen molar-refractivity contribution in [2.24, 2.45) is 0 Å². The highest BCUT2D eigenvalue weighted by molar-refractivity contribution is 7.80. The van der Waals surface area contributed by atoms with Gasteiger partial charge >= 0.3 is 0 Å². The molecule has 0 saturated heterocycles. The third kappa shape index (κ3) is 4.60. The van der Waals surface area contributed by atoms with Crippen LogP contribution < -0.4 is 15.4 Å². The topological polar surface area (TPSA) is 83.7 Å². The number of ether oxygens (including phenoxy) is 1. The van der Waals surface area contributed by atoms with Crippen molar-refractivity contribution in [1.29, 1.82) is 0 Å². The van der Waals surface area contributed by atoms with Gasteiger partial charge in [-0.1, -0.05) is 35.9 Å². The first kappa shape index (κ1) is 21.8. The Balaban J connectivity index is 1.48. The summed E-state index contributed by atoms with van der Waals surface area (Å²) in [6.45, 7) is -0.187. The van der Waals surface area contributed by atoms with Crippen LogP contribution in [0.5, 0.6) is 5.75 Å². The second-order valence-corrected chi connectivity index (χ2v) is 7.74. The fourth-order valence-electron chi connectivity index (χ4n) is 3.30. The predicted octanol–water partition coefficient (Wildman–Crippen LogP) is 5.38. The number of aliphatic hydroxyl groups is 1. The lowest BCUT2D eigenvalue weighted by Crippen LogP contribution is -2.34. The molecule has 0 aliphatic carbocycles. The molecule has 3 N–H and O–H groups in total. The maximum Gasteiger partial charge on any atom is 0.261 e. The molecule has 3 aromatic carbocycles. The van der Waals surface area contributed by atoms with Crippen LogP contribution in [0.4, 0.5) is 5.69 Å². The molecule has 4 aromatic rings. The van der Waals surface area contributed by atoms with Crippen LogP contribution >= 0.6 is 23.8 Å². The van der Waals surface area contributed by atoms with Gasteiger partial charge in [0.05, 0.1) is 17.7 Å². The van der Waals surface area contributed by atoms with Crippen molar-refractivity contribution < 1.29 is 19.1 Å². The molecule has 1 aromatic heterocycles. The number of furan rings is 1. The Morgan fingerprint density at radius 2 is 1.84 bits per heavy atom. The van der Waals surface area contributed by atoms with Gasteiger partial charge in [-0.2, -0.15) is 0 Å². The molecular formula is C24H19ClN2O4S. The molecule has 4 rings (SSSR count). The van der Waals surface area contributed by atoms with E-state index in [9.17, 15) is 4.79 Å². The number of halogens is 1. The van der Waals surface area contributed by atoms with Crippen LogP contribution in [-0.4, -0.2) is 23.2 Å². The van der Waals surface area contributed by atoms with Gasteiger partial charge < -0.3 is 19.6 Å². The zero-order valence-electron chi connectivity index (χ0n) is 17.0. The number of carbonyl (C=O) groups excluding carboxylic acids is 1. The first-order chi connectivity index (χ1) is 15.5. The maximum absolute atomic E-state index is 12.8. The fraction of sp³-hybridized carbons (Fsp3) is 0.0833. The number of fused-ring (bicyclic) bond motifs is 1. The summed E-state index contributed by atoms with van der Waals surface area (Å²) in [4.78, 5) is 12.8. The van der Waals surface area contributed by atoms with E-state index in [4.69, 9.17) is 38.1 Å². The Morgan fingerprint density at radius 3 is 2.50 bits per heavy atom. The van der Waals surface area contributed by atoms with Crippen molar-refractivity contribution in [2.75, 3.05) is 12.4 Å². The number of anilines is 1. The fourth-order valence-corrected chi connectivity index (χ4v) is 3.78. The van der Waals surface area contributed by atoms with Gasteiger partial charge in [-0.05, 0) is 65.5 Å². The molecule has 0 aliphatic heterocycles. The Labute approximate surface area is 194 Å². The van der Waals surface area contributed by atoms with E-state index < -0.39 is 0 Å². The number of benzene rings is 3. The summed E-state index contributed by atoms with van der Waals surface area (Å²) < 4.78 is 10.9. The lowest BCUT2D eigenvalue weighted by molar-refractivity contribution is 0.0975. The van der Waals surface area contributed by atoms with Crippen LogP contribution in [0.15, 0.2) is 71.1 Å². The number of amides is 1. The van der Waals surface area contributed by atoms with Crippen molar-refractivity contribution in [2.45, 2.75) is 6.61 Å². The van der Waals surface area contributed by atoms with E-state index >= 15 is 0 Å². The standard InChI is InChI=1S/C24H19ClN2O4S/c1-30-22-11-15-5-3-2-4-14(15)10-19(22)23(29)27-24(32)26-16-6-8-18(20(25)12-16)21-9-7-17(13-28)31-21/h2-12,28H,13H2,1H3,(H2,26,27,29,32). The normalized spacial score (nSPS) is 10.7. The quantitative estimate of drug-likeness (QED) is 0.342. The average molecular weight is 467 g/mol. The number of carbonyl (C=O) groups is 1. The van der Waals surface area contributed by atoms with Gasteiger partial charge in [0.2, 0.25) is 0 Å².